The summed E-state index contributed by atoms with van der Waals surface area (Å²) in [5, 5.41) is 3.64. The molecule has 2 rings (SSSR count). The van der Waals surface area contributed by atoms with Crippen LogP contribution in [0.25, 0.3) is 0 Å². The van der Waals surface area contributed by atoms with Gasteiger partial charge in [0, 0.05) is 23.8 Å². The fourth-order valence-electron chi connectivity index (χ4n) is 2.93. The van der Waals surface area contributed by atoms with Crippen LogP contribution in [0, 0.1) is 0 Å². The number of amides is 1. The molecule has 1 N–H and O–H groups in total. The van der Waals surface area contributed by atoms with Gasteiger partial charge in [-0.1, -0.05) is 43.1 Å². The van der Waals surface area contributed by atoms with Gasteiger partial charge in [0.05, 0.1) is 15.5 Å². The van der Waals surface area contributed by atoms with Crippen molar-refractivity contribution in [3.8, 4) is 0 Å². The van der Waals surface area contributed by atoms with E-state index in [2.05, 4.69) is 5.32 Å². The normalized spacial score (nSPS) is 11.9. The minimum Gasteiger partial charge on any atom is -0.321 e. The third kappa shape index (κ3) is 4.94. The summed E-state index contributed by atoms with van der Waals surface area (Å²) in [4.78, 5) is 13.0. The Morgan fingerprint density at radius 3 is 2.24 bits per heavy atom. The highest BCUT2D eigenvalue weighted by atomic mass is 35.5. The molecule has 0 atom stereocenters. The average Bonchev–Trinajstić information content (AvgIpc) is 2.67. The molecule has 0 spiro atoms. The zero-order valence-electron chi connectivity index (χ0n) is 17.2. The van der Waals surface area contributed by atoms with Crippen LogP contribution in [0.4, 0.5) is 5.69 Å². The third-order valence-corrected chi connectivity index (χ3v) is 7.61. The Balaban J connectivity index is 2.50. The molecule has 0 fully saturated rings. The van der Waals surface area contributed by atoms with E-state index in [-0.39, 0.29) is 21.5 Å². The van der Waals surface area contributed by atoms with Gasteiger partial charge >= 0.3 is 0 Å². The monoisotopic (exact) mass is 456 g/mol. The summed E-state index contributed by atoms with van der Waals surface area (Å²) >= 11 is 12.5. The van der Waals surface area contributed by atoms with Gasteiger partial charge in [0.15, 0.2) is 0 Å². The molecule has 1 amide bonds. The van der Waals surface area contributed by atoms with Gasteiger partial charge in [-0.25, -0.2) is 8.42 Å². The predicted octanol–water partition coefficient (Wildman–Crippen LogP) is 5.40. The smallest absolute Gasteiger partial charge is 0.257 e. The molecular formula is C21H26Cl2N2O3S. The summed E-state index contributed by atoms with van der Waals surface area (Å²) in [6.07, 6.45) is 1.35. The van der Waals surface area contributed by atoms with E-state index < -0.39 is 15.9 Å². The lowest BCUT2D eigenvalue weighted by molar-refractivity contribution is 0.102. The van der Waals surface area contributed by atoms with Crippen molar-refractivity contribution < 1.29 is 13.2 Å². The molecule has 5 nitrogen and oxygen atoms in total. The number of sulfonamides is 1. The molecule has 158 valence electrons. The maximum absolute atomic E-state index is 13.0. The van der Waals surface area contributed by atoms with E-state index in [9.17, 15) is 13.2 Å². The van der Waals surface area contributed by atoms with Crippen molar-refractivity contribution >= 4 is 44.8 Å². The molecule has 0 saturated heterocycles. The summed E-state index contributed by atoms with van der Waals surface area (Å²) in [6.45, 7) is 7.50. The molecule has 0 saturated carbocycles. The third-order valence-electron chi connectivity index (χ3n) is 4.90. The van der Waals surface area contributed by atoms with Gasteiger partial charge in [0.2, 0.25) is 10.0 Å². The zero-order valence-corrected chi connectivity index (χ0v) is 19.5. The van der Waals surface area contributed by atoms with Gasteiger partial charge in [0.25, 0.3) is 5.91 Å². The highest BCUT2D eigenvalue weighted by molar-refractivity contribution is 7.89. The first-order chi connectivity index (χ1) is 13.5. The van der Waals surface area contributed by atoms with Gasteiger partial charge in [0.1, 0.15) is 0 Å². The number of aryl methyl sites for hydroxylation is 1. The molecule has 0 aromatic heterocycles. The molecule has 29 heavy (non-hydrogen) atoms. The lowest BCUT2D eigenvalue weighted by Crippen LogP contribution is -2.33. The first-order valence-electron chi connectivity index (χ1n) is 9.43. The second-order valence-corrected chi connectivity index (χ2v) is 9.79. The first-order valence-corrected chi connectivity index (χ1v) is 11.6. The number of nitrogens with one attached hydrogen (secondary N) is 1. The zero-order chi connectivity index (χ0) is 21.9. The van der Waals surface area contributed by atoms with Gasteiger partial charge in [-0.2, -0.15) is 4.31 Å². The van der Waals surface area contributed by atoms with E-state index in [1.807, 2.05) is 26.0 Å². The van der Waals surface area contributed by atoms with Gasteiger partial charge in [-0.05, 0) is 62.1 Å². The van der Waals surface area contributed by atoms with Crippen LogP contribution in [0.2, 0.25) is 10.0 Å². The lowest BCUT2D eigenvalue weighted by atomic mass is 10.0. The number of rotatable bonds is 7. The quantitative estimate of drug-likeness (QED) is 0.606. The average molecular weight is 457 g/mol. The molecular weight excluding hydrogens is 431 g/mol. The van der Waals surface area contributed by atoms with Gasteiger partial charge < -0.3 is 5.32 Å². The van der Waals surface area contributed by atoms with Crippen molar-refractivity contribution in [3.05, 3.63) is 57.1 Å². The number of nitrogens with zero attached hydrogens (tertiary/aromatic N) is 1. The van der Waals surface area contributed by atoms with Crippen molar-refractivity contribution in [2.75, 3.05) is 12.4 Å². The van der Waals surface area contributed by atoms with E-state index in [4.69, 9.17) is 23.2 Å². The second kappa shape index (κ2) is 9.47. The molecule has 0 aliphatic rings. The summed E-state index contributed by atoms with van der Waals surface area (Å²) in [5.41, 5.74) is 2.52. The van der Waals surface area contributed by atoms with Crippen LogP contribution in [-0.4, -0.2) is 31.7 Å². The molecule has 0 bridgehead atoms. The van der Waals surface area contributed by atoms with Crippen LogP contribution in [0.15, 0.2) is 35.2 Å². The molecule has 2 aromatic carbocycles. The summed E-state index contributed by atoms with van der Waals surface area (Å²) in [7, 11) is -2.24. The number of carbonyl (C=O) groups is 1. The van der Waals surface area contributed by atoms with Crippen molar-refractivity contribution in [2.24, 2.45) is 0 Å². The highest BCUT2D eigenvalue weighted by Crippen LogP contribution is 2.31. The van der Waals surface area contributed by atoms with Crippen LogP contribution >= 0.6 is 23.2 Å². The lowest BCUT2D eigenvalue weighted by Gasteiger charge is -2.21. The standard InChI is InChI=1S/C21H26Cl2N2O3S/c1-6-14-8-10-18(22)16(7-2)20(14)24-21(26)17-12-15(9-11-19(17)23)29(27,28)25(5)13(3)4/h8-13H,6-7H2,1-5H3,(H,24,26). The minimum absolute atomic E-state index is 0.0146. The molecule has 0 heterocycles. The Labute approximate surface area is 183 Å². The van der Waals surface area contributed by atoms with E-state index in [1.54, 1.807) is 13.8 Å². The fourth-order valence-corrected chi connectivity index (χ4v) is 4.82. The van der Waals surface area contributed by atoms with E-state index >= 15 is 0 Å². The van der Waals surface area contributed by atoms with Crippen LogP contribution in [0.1, 0.15) is 49.2 Å². The largest absolute Gasteiger partial charge is 0.321 e. The predicted molar refractivity (Wildman–Crippen MR) is 120 cm³/mol. The maximum Gasteiger partial charge on any atom is 0.257 e. The SMILES string of the molecule is CCc1ccc(Cl)c(CC)c1NC(=O)c1cc(S(=O)(=O)N(C)C(C)C)ccc1Cl. The number of hydrogen-bond donors (Lipinski definition) is 1. The Morgan fingerprint density at radius 2 is 1.69 bits per heavy atom. The van der Waals surface area contributed by atoms with Crippen LogP contribution in [0.3, 0.4) is 0 Å². The van der Waals surface area contributed by atoms with Crippen LogP contribution in [-0.2, 0) is 22.9 Å². The van der Waals surface area contributed by atoms with Crippen molar-refractivity contribution in [2.45, 2.75) is 51.5 Å². The van der Waals surface area contributed by atoms with E-state index in [0.29, 0.717) is 23.6 Å². The topological polar surface area (TPSA) is 66.5 Å². The molecule has 0 aliphatic carbocycles. The van der Waals surface area contributed by atoms with Crippen molar-refractivity contribution in [3.63, 3.8) is 0 Å². The van der Waals surface area contributed by atoms with E-state index in [0.717, 1.165) is 11.1 Å². The maximum atomic E-state index is 13.0. The Hall–Kier alpha value is -1.60. The number of benzene rings is 2. The summed E-state index contributed by atoms with van der Waals surface area (Å²) in [5.74, 6) is -0.481. The Kier molecular flexibility index (Phi) is 7.74. The summed E-state index contributed by atoms with van der Waals surface area (Å²) < 4.78 is 26.8. The number of halogens is 2. The number of anilines is 1. The van der Waals surface area contributed by atoms with Crippen molar-refractivity contribution in [1.29, 1.82) is 0 Å². The van der Waals surface area contributed by atoms with Crippen LogP contribution < -0.4 is 5.32 Å². The molecule has 0 aliphatic heterocycles. The molecule has 0 radical (unpaired) electrons. The summed E-state index contributed by atoms with van der Waals surface area (Å²) in [6, 6.07) is 7.61. The minimum atomic E-state index is -3.74. The van der Waals surface area contributed by atoms with Gasteiger partial charge in [-0.15, -0.1) is 0 Å². The highest BCUT2D eigenvalue weighted by Gasteiger charge is 2.25. The Morgan fingerprint density at radius 1 is 1.07 bits per heavy atom. The molecule has 0 unspecified atom stereocenters. The fraction of sp³-hybridized carbons (Fsp3) is 0.381. The Bertz CT molecular complexity index is 1020. The van der Waals surface area contributed by atoms with Crippen molar-refractivity contribution in [1.82, 2.24) is 4.31 Å². The number of carbonyl (C=O) groups excluding carboxylic acids is 1. The number of hydrogen-bond acceptors (Lipinski definition) is 3. The van der Waals surface area contributed by atoms with Crippen LogP contribution in [0.5, 0.6) is 0 Å². The van der Waals surface area contributed by atoms with E-state index in [1.165, 1.54) is 29.6 Å². The van der Waals surface area contributed by atoms with Gasteiger partial charge in [-0.3, -0.25) is 4.79 Å². The molecule has 2 aromatic rings. The molecule has 8 heteroatoms. The first kappa shape index (κ1) is 23.7. The second-order valence-electron chi connectivity index (χ2n) is 6.98.